The van der Waals surface area contributed by atoms with Crippen molar-refractivity contribution in [3.8, 4) is 0 Å². The molecule has 0 heterocycles. The molecule has 0 bridgehead atoms. The van der Waals surface area contributed by atoms with Crippen molar-refractivity contribution in [3.63, 3.8) is 0 Å². The first kappa shape index (κ1) is 11.6. The van der Waals surface area contributed by atoms with Crippen LogP contribution in [0.2, 0.25) is 0 Å². The van der Waals surface area contributed by atoms with E-state index in [0.29, 0.717) is 5.56 Å². The van der Waals surface area contributed by atoms with Crippen LogP contribution in [-0.2, 0) is 10.4 Å². The average molecular weight is 230 g/mol. The molecular formula is C14H14O3. The second-order valence-corrected chi connectivity index (χ2v) is 4.18. The minimum Gasteiger partial charge on any atom is -0.481 e. The summed E-state index contributed by atoms with van der Waals surface area (Å²) in [6.45, 7) is 3.59. The number of rotatable bonds is 3. The molecule has 1 aliphatic carbocycles. The molecule has 2 atom stereocenters. The van der Waals surface area contributed by atoms with Gasteiger partial charge in [0, 0.05) is 0 Å². The molecule has 0 aromatic heterocycles. The van der Waals surface area contributed by atoms with E-state index in [1.807, 2.05) is 12.1 Å². The van der Waals surface area contributed by atoms with Crippen LogP contribution in [0, 0.1) is 5.92 Å². The summed E-state index contributed by atoms with van der Waals surface area (Å²) in [4.78, 5) is 11.2. The first-order chi connectivity index (χ1) is 8.09. The van der Waals surface area contributed by atoms with Crippen LogP contribution in [0.1, 0.15) is 17.5 Å². The van der Waals surface area contributed by atoms with Crippen molar-refractivity contribution < 1.29 is 15.0 Å². The van der Waals surface area contributed by atoms with Crippen LogP contribution < -0.4 is 0 Å². The number of carboxylic acids is 1. The van der Waals surface area contributed by atoms with Crippen LogP contribution in [0.5, 0.6) is 0 Å². The Morgan fingerprint density at radius 1 is 1.47 bits per heavy atom. The first-order valence-electron chi connectivity index (χ1n) is 5.43. The summed E-state index contributed by atoms with van der Waals surface area (Å²) >= 11 is 0. The lowest BCUT2D eigenvalue weighted by molar-refractivity contribution is -0.149. The van der Waals surface area contributed by atoms with E-state index in [1.54, 1.807) is 24.3 Å². The quantitative estimate of drug-likeness (QED) is 0.782. The van der Waals surface area contributed by atoms with Crippen LogP contribution in [0.25, 0.3) is 6.08 Å². The molecular weight excluding hydrogens is 216 g/mol. The molecule has 1 aromatic carbocycles. The zero-order valence-corrected chi connectivity index (χ0v) is 9.34. The molecule has 0 aliphatic heterocycles. The summed E-state index contributed by atoms with van der Waals surface area (Å²) in [6, 6.07) is 7.28. The van der Waals surface area contributed by atoms with Crippen LogP contribution in [-0.4, -0.2) is 16.2 Å². The molecule has 3 nitrogen and oxygen atoms in total. The van der Waals surface area contributed by atoms with Gasteiger partial charge in [-0.2, -0.15) is 0 Å². The lowest BCUT2D eigenvalue weighted by Crippen LogP contribution is -2.40. The fourth-order valence-electron chi connectivity index (χ4n) is 2.31. The van der Waals surface area contributed by atoms with Crippen LogP contribution in [0.3, 0.4) is 0 Å². The lowest BCUT2D eigenvalue weighted by atomic mass is 9.73. The molecule has 1 aromatic rings. The van der Waals surface area contributed by atoms with Crippen molar-refractivity contribution in [3.05, 3.63) is 54.1 Å². The standard InChI is InChI=1S/C14H14O3/c1-2-9-14(17)11-6-4-3-5-10(11)7-8-12(14)13(15)16/h2-8,12,17H,1,9H2,(H,15,16). The Labute approximate surface area is 99.7 Å². The predicted octanol–water partition coefficient (Wildman–Crippen LogP) is 2.18. The summed E-state index contributed by atoms with van der Waals surface area (Å²) < 4.78 is 0. The van der Waals surface area contributed by atoms with Gasteiger partial charge < -0.3 is 10.2 Å². The highest BCUT2D eigenvalue weighted by Gasteiger charge is 2.43. The highest BCUT2D eigenvalue weighted by Crippen LogP contribution is 2.40. The zero-order valence-electron chi connectivity index (χ0n) is 9.34. The van der Waals surface area contributed by atoms with Crippen molar-refractivity contribution in [2.24, 2.45) is 5.92 Å². The van der Waals surface area contributed by atoms with Crippen LogP contribution in [0.4, 0.5) is 0 Å². The number of carbonyl (C=O) groups is 1. The molecule has 0 fully saturated rings. The summed E-state index contributed by atoms with van der Waals surface area (Å²) in [5, 5.41) is 19.8. The minimum absolute atomic E-state index is 0.214. The number of aliphatic hydroxyl groups is 1. The van der Waals surface area contributed by atoms with Gasteiger partial charge in [0.2, 0.25) is 0 Å². The number of fused-ring (bicyclic) bond motifs is 1. The van der Waals surface area contributed by atoms with Crippen LogP contribution in [0.15, 0.2) is 43.0 Å². The summed E-state index contributed by atoms with van der Waals surface area (Å²) in [5.41, 5.74) is 0.100. The molecule has 3 heteroatoms. The van der Waals surface area contributed by atoms with E-state index >= 15 is 0 Å². The molecule has 2 N–H and O–H groups in total. The molecule has 0 amide bonds. The monoisotopic (exact) mass is 230 g/mol. The molecule has 17 heavy (non-hydrogen) atoms. The van der Waals surface area contributed by atoms with Gasteiger partial charge in [0.25, 0.3) is 0 Å². The van der Waals surface area contributed by atoms with Gasteiger partial charge in [-0.25, -0.2) is 0 Å². The maximum atomic E-state index is 11.2. The topological polar surface area (TPSA) is 57.5 Å². The number of aliphatic carboxylic acids is 1. The highest BCUT2D eigenvalue weighted by molar-refractivity contribution is 5.78. The second-order valence-electron chi connectivity index (χ2n) is 4.18. The Morgan fingerprint density at radius 3 is 2.82 bits per heavy atom. The van der Waals surface area contributed by atoms with Crippen molar-refractivity contribution in [1.82, 2.24) is 0 Å². The molecule has 88 valence electrons. The third-order valence-electron chi connectivity index (χ3n) is 3.13. The van der Waals surface area contributed by atoms with Crippen LogP contribution >= 0.6 is 0 Å². The van der Waals surface area contributed by atoms with Crippen molar-refractivity contribution in [1.29, 1.82) is 0 Å². The van der Waals surface area contributed by atoms with Gasteiger partial charge in [-0.05, 0) is 17.5 Å². The highest BCUT2D eigenvalue weighted by atomic mass is 16.4. The Balaban J connectivity index is 2.59. The van der Waals surface area contributed by atoms with E-state index in [1.165, 1.54) is 6.08 Å². The Morgan fingerprint density at radius 2 is 2.18 bits per heavy atom. The maximum absolute atomic E-state index is 11.2. The molecule has 2 rings (SSSR count). The van der Waals surface area contributed by atoms with Crippen molar-refractivity contribution >= 4 is 12.0 Å². The molecule has 0 radical (unpaired) electrons. The van der Waals surface area contributed by atoms with E-state index < -0.39 is 17.5 Å². The van der Waals surface area contributed by atoms with Gasteiger partial charge in [-0.1, -0.05) is 42.5 Å². The third kappa shape index (κ3) is 1.78. The molecule has 0 saturated heterocycles. The Hall–Kier alpha value is -1.87. The van der Waals surface area contributed by atoms with Crippen molar-refractivity contribution in [2.75, 3.05) is 0 Å². The van der Waals surface area contributed by atoms with E-state index in [-0.39, 0.29) is 6.42 Å². The predicted molar refractivity (Wildman–Crippen MR) is 65.3 cm³/mol. The SMILES string of the molecule is C=CCC1(O)c2ccccc2C=CC1C(=O)O. The van der Waals surface area contributed by atoms with Gasteiger partial charge in [0.1, 0.15) is 11.5 Å². The van der Waals surface area contributed by atoms with Gasteiger partial charge in [-0.3, -0.25) is 4.79 Å². The van der Waals surface area contributed by atoms with E-state index in [2.05, 4.69) is 6.58 Å². The number of hydrogen-bond acceptors (Lipinski definition) is 2. The number of hydrogen-bond donors (Lipinski definition) is 2. The van der Waals surface area contributed by atoms with E-state index in [9.17, 15) is 15.0 Å². The second kappa shape index (κ2) is 4.18. The van der Waals surface area contributed by atoms with E-state index in [0.717, 1.165) is 5.56 Å². The smallest absolute Gasteiger partial charge is 0.313 e. The van der Waals surface area contributed by atoms with Gasteiger partial charge >= 0.3 is 5.97 Å². The zero-order chi connectivity index (χ0) is 12.5. The van der Waals surface area contributed by atoms with Gasteiger partial charge in [0.05, 0.1) is 0 Å². The summed E-state index contributed by atoms with van der Waals surface area (Å²) in [7, 11) is 0. The average Bonchev–Trinajstić information content (AvgIpc) is 2.29. The van der Waals surface area contributed by atoms with Gasteiger partial charge in [0.15, 0.2) is 0 Å². The molecule has 2 unspecified atom stereocenters. The molecule has 0 spiro atoms. The normalized spacial score (nSPS) is 26.3. The van der Waals surface area contributed by atoms with Gasteiger partial charge in [-0.15, -0.1) is 6.58 Å². The minimum atomic E-state index is -1.40. The largest absolute Gasteiger partial charge is 0.481 e. The fourth-order valence-corrected chi connectivity index (χ4v) is 2.31. The molecule has 1 aliphatic rings. The summed E-state index contributed by atoms with van der Waals surface area (Å²) in [6.07, 6.45) is 5.04. The Kier molecular flexibility index (Phi) is 2.86. The first-order valence-corrected chi connectivity index (χ1v) is 5.43. The lowest BCUT2D eigenvalue weighted by Gasteiger charge is -2.35. The van der Waals surface area contributed by atoms with Crippen molar-refractivity contribution in [2.45, 2.75) is 12.0 Å². The number of benzene rings is 1. The van der Waals surface area contributed by atoms with E-state index in [4.69, 9.17) is 0 Å². The molecule has 0 saturated carbocycles. The third-order valence-corrected chi connectivity index (χ3v) is 3.13. The Bertz CT molecular complexity index is 490. The fraction of sp³-hybridized carbons (Fsp3) is 0.214. The maximum Gasteiger partial charge on any atom is 0.313 e. The summed E-state index contributed by atoms with van der Waals surface area (Å²) in [5.74, 6) is -1.96. The number of carboxylic acid groups (broad SMARTS) is 1.